The van der Waals surface area contributed by atoms with Crippen LogP contribution in [0.1, 0.15) is 29.2 Å². The minimum absolute atomic E-state index is 0.0524. The summed E-state index contributed by atoms with van der Waals surface area (Å²) in [5, 5.41) is 6.83. The van der Waals surface area contributed by atoms with Gasteiger partial charge in [-0.15, -0.1) is 0 Å². The van der Waals surface area contributed by atoms with E-state index < -0.39 is 0 Å². The van der Waals surface area contributed by atoms with Crippen molar-refractivity contribution >= 4 is 34.6 Å². The first kappa shape index (κ1) is 21.8. The zero-order valence-corrected chi connectivity index (χ0v) is 18.9. The molecule has 0 spiro atoms. The number of rotatable bonds is 7. The first-order valence-corrected chi connectivity index (χ1v) is 10.6. The average Bonchev–Trinajstić information content (AvgIpc) is 3.37. The molecule has 1 saturated heterocycles. The molecule has 0 saturated carbocycles. The van der Waals surface area contributed by atoms with Crippen LogP contribution < -0.4 is 20.3 Å². The Kier molecular flexibility index (Phi) is 6.38. The highest BCUT2D eigenvalue weighted by molar-refractivity contribution is 7.80. The van der Waals surface area contributed by atoms with Gasteiger partial charge in [0.25, 0.3) is 0 Å². The molecule has 4 rings (SSSR count). The van der Waals surface area contributed by atoms with Gasteiger partial charge in [-0.1, -0.05) is 6.07 Å². The minimum Gasteiger partial charge on any atom is -0.495 e. The molecule has 0 aliphatic carbocycles. The Bertz CT molecular complexity index is 1120. The van der Waals surface area contributed by atoms with Crippen molar-refractivity contribution in [2.75, 3.05) is 31.0 Å². The van der Waals surface area contributed by atoms with Crippen LogP contribution in [0.3, 0.4) is 0 Å². The van der Waals surface area contributed by atoms with Gasteiger partial charge in [-0.25, -0.2) is 0 Å². The highest BCUT2D eigenvalue weighted by Gasteiger charge is 2.41. The second-order valence-electron chi connectivity index (χ2n) is 7.46. The third-order valence-corrected chi connectivity index (χ3v) is 5.60. The fraction of sp³-hybridized carbons (Fsp3) is 0.261. The zero-order chi connectivity index (χ0) is 22.7. The standard InChI is InChI=1S/C23H25N5O3S/c1-14-7-9-17(25-14)22-21(16-6-4-5-11-24-16)27-23(32)28(22)15-8-10-19(31-3)18(12-15)26-20(29)13-30-2/h4-12,21-22,25H,13H2,1-3H3,(H,26,29)(H,27,32)/t21-,22+/m1/s1. The molecule has 8 nitrogen and oxygen atoms in total. The molecule has 1 amide bonds. The van der Waals surface area contributed by atoms with Crippen molar-refractivity contribution in [1.29, 1.82) is 0 Å². The second-order valence-corrected chi connectivity index (χ2v) is 7.85. The Labute approximate surface area is 191 Å². The van der Waals surface area contributed by atoms with E-state index in [1.165, 1.54) is 7.11 Å². The Morgan fingerprint density at radius 2 is 2.06 bits per heavy atom. The molecule has 1 aliphatic rings. The SMILES string of the molecule is COCC(=O)Nc1cc(N2C(=S)N[C@H](c3ccccn3)[C@@H]2c2ccc(C)[nH]2)ccc1OC. The quantitative estimate of drug-likeness (QED) is 0.474. The van der Waals surface area contributed by atoms with E-state index in [0.29, 0.717) is 16.5 Å². The molecule has 2 aromatic heterocycles. The molecule has 1 aliphatic heterocycles. The molecule has 0 bridgehead atoms. The van der Waals surface area contributed by atoms with E-state index >= 15 is 0 Å². The van der Waals surface area contributed by atoms with Crippen LogP contribution in [0.4, 0.5) is 11.4 Å². The molecule has 166 valence electrons. The van der Waals surface area contributed by atoms with Crippen LogP contribution in [0.5, 0.6) is 5.75 Å². The van der Waals surface area contributed by atoms with Crippen LogP contribution >= 0.6 is 12.2 Å². The number of nitrogens with zero attached hydrogens (tertiary/aromatic N) is 2. The molecule has 3 N–H and O–H groups in total. The van der Waals surface area contributed by atoms with Crippen molar-refractivity contribution in [1.82, 2.24) is 15.3 Å². The Morgan fingerprint density at radius 3 is 2.72 bits per heavy atom. The van der Waals surface area contributed by atoms with E-state index in [2.05, 4.69) is 26.7 Å². The van der Waals surface area contributed by atoms with Gasteiger partial charge in [0.2, 0.25) is 5.91 Å². The number of ether oxygens (including phenoxy) is 2. The Hall–Kier alpha value is -3.43. The predicted octanol–water partition coefficient (Wildman–Crippen LogP) is 3.49. The van der Waals surface area contributed by atoms with Gasteiger partial charge in [0, 0.05) is 30.4 Å². The molecule has 1 aromatic carbocycles. The van der Waals surface area contributed by atoms with Crippen molar-refractivity contribution < 1.29 is 14.3 Å². The number of aryl methyl sites for hydroxylation is 1. The number of methoxy groups -OCH3 is 2. The summed E-state index contributed by atoms with van der Waals surface area (Å²) in [6.07, 6.45) is 1.77. The van der Waals surface area contributed by atoms with E-state index in [4.69, 9.17) is 21.7 Å². The number of nitrogens with one attached hydrogen (secondary N) is 3. The van der Waals surface area contributed by atoms with Gasteiger partial charge in [-0.3, -0.25) is 9.78 Å². The number of carbonyl (C=O) groups excluding carboxylic acids is 1. The van der Waals surface area contributed by atoms with E-state index in [1.54, 1.807) is 13.3 Å². The number of thiocarbonyl (C=S) groups is 1. The molecule has 32 heavy (non-hydrogen) atoms. The smallest absolute Gasteiger partial charge is 0.250 e. The summed E-state index contributed by atoms with van der Waals surface area (Å²) in [7, 11) is 3.03. The highest BCUT2D eigenvalue weighted by atomic mass is 32.1. The Balaban J connectivity index is 1.77. The lowest BCUT2D eigenvalue weighted by Crippen LogP contribution is -2.29. The molecular formula is C23H25N5O3S. The number of aromatic nitrogens is 2. The van der Waals surface area contributed by atoms with Crippen molar-refractivity contribution in [2.45, 2.75) is 19.0 Å². The number of benzene rings is 1. The number of carbonyl (C=O) groups is 1. The third kappa shape index (κ3) is 4.30. The van der Waals surface area contributed by atoms with E-state index in [1.807, 2.05) is 54.3 Å². The summed E-state index contributed by atoms with van der Waals surface area (Å²) in [4.78, 5) is 22.2. The van der Waals surface area contributed by atoms with Crippen molar-refractivity contribution in [2.24, 2.45) is 0 Å². The summed E-state index contributed by atoms with van der Waals surface area (Å²) in [5.41, 5.74) is 4.30. The number of hydrogen-bond acceptors (Lipinski definition) is 5. The van der Waals surface area contributed by atoms with Crippen LogP contribution in [-0.4, -0.2) is 41.8 Å². The lowest BCUT2D eigenvalue weighted by molar-refractivity contribution is -0.119. The first-order valence-electron chi connectivity index (χ1n) is 10.1. The van der Waals surface area contributed by atoms with Gasteiger partial charge < -0.3 is 30.0 Å². The van der Waals surface area contributed by atoms with Crippen molar-refractivity contribution in [3.63, 3.8) is 0 Å². The normalized spacial score (nSPS) is 17.8. The zero-order valence-electron chi connectivity index (χ0n) is 18.1. The summed E-state index contributed by atoms with van der Waals surface area (Å²) >= 11 is 5.75. The van der Waals surface area contributed by atoms with Gasteiger partial charge in [-0.05, 0) is 61.6 Å². The first-order chi connectivity index (χ1) is 15.5. The van der Waals surface area contributed by atoms with Gasteiger partial charge in [0.1, 0.15) is 18.4 Å². The third-order valence-electron chi connectivity index (χ3n) is 5.28. The van der Waals surface area contributed by atoms with E-state index in [9.17, 15) is 4.79 Å². The largest absolute Gasteiger partial charge is 0.495 e. The number of pyridine rings is 1. The molecule has 3 aromatic rings. The van der Waals surface area contributed by atoms with Crippen LogP contribution in [0, 0.1) is 6.92 Å². The van der Waals surface area contributed by atoms with Gasteiger partial charge >= 0.3 is 0 Å². The lowest BCUT2D eigenvalue weighted by Gasteiger charge is -2.27. The molecule has 1 fully saturated rings. The molecule has 2 atom stereocenters. The van der Waals surface area contributed by atoms with Crippen LogP contribution in [0.15, 0.2) is 54.7 Å². The predicted molar refractivity (Wildman–Crippen MR) is 127 cm³/mol. The van der Waals surface area contributed by atoms with Gasteiger partial charge in [0.15, 0.2) is 5.11 Å². The fourth-order valence-corrected chi connectivity index (χ4v) is 4.25. The maximum Gasteiger partial charge on any atom is 0.250 e. The number of hydrogen-bond donors (Lipinski definition) is 3. The van der Waals surface area contributed by atoms with Gasteiger partial charge in [-0.2, -0.15) is 0 Å². The van der Waals surface area contributed by atoms with Crippen molar-refractivity contribution in [3.8, 4) is 5.75 Å². The summed E-state index contributed by atoms with van der Waals surface area (Å²) in [6.45, 7) is 1.96. The number of amides is 1. The van der Waals surface area contributed by atoms with Crippen LogP contribution in [0.25, 0.3) is 0 Å². The van der Waals surface area contributed by atoms with E-state index in [-0.39, 0.29) is 24.6 Å². The maximum atomic E-state index is 12.1. The number of H-pyrrole nitrogens is 1. The summed E-state index contributed by atoms with van der Waals surface area (Å²) in [5.74, 6) is 0.276. The van der Waals surface area contributed by atoms with Gasteiger partial charge in [0.05, 0.1) is 24.5 Å². The molecule has 0 radical (unpaired) electrons. The average molecular weight is 452 g/mol. The molecule has 0 unspecified atom stereocenters. The van der Waals surface area contributed by atoms with E-state index in [0.717, 1.165) is 22.8 Å². The highest BCUT2D eigenvalue weighted by Crippen LogP contribution is 2.42. The Morgan fingerprint density at radius 1 is 1.22 bits per heavy atom. The topological polar surface area (TPSA) is 91.5 Å². The number of aromatic amines is 1. The lowest BCUT2D eigenvalue weighted by atomic mass is 10.0. The summed E-state index contributed by atoms with van der Waals surface area (Å²) < 4.78 is 10.4. The molecule has 3 heterocycles. The van der Waals surface area contributed by atoms with Crippen LogP contribution in [0.2, 0.25) is 0 Å². The maximum absolute atomic E-state index is 12.1. The number of anilines is 2. The second kappa shape index (κ2) is 9.37. The molecule has 9 heteroatoms. The van der Waals surface area contributed by atoms with Crippen LogP contribution in [-0.2, 0) is 9.53 Å². The molecular weight excluding hydrogens is 426 g/mol. The summed E-state index contributed by atoms with van der Waals surface area (Å²) in [6, 6.07) is 15.2. The monoisotopic (exact) mass is 451 g/mol. The fourth-order valence-electron chi connectivity index (χ4n) is 3.91. The minimum atomic E-state index is -0.270. The van der Waals surface area contributed by atoms with Crippen molar-refractivity contribution in [3.05, 3.63) is 71.8 Å².